The number of pyridine rings is 2. The second-order valence-corrected chi connectivity index (χ2v) is 6.43. The van der Waals surface area contributed by atoms with E-state index in [0.717, 1.165) is 11.3 Å². The van der Waals surface area contributed by atoms with E-state index in [2.05, 4.69) is 4.98 Å². The van der Waals surface area contributed by atoms with E-state index in [1.807, 2.05) is 72.8 Å². The van der Waals surface area contributed by atoms with Crippen molar-refractivity contribution < 1.29 is 10.1 Å². The molecule has 29 heavy (non-hydrogen) atoms. The third kappa shape index (κ3) is 3.91. The van der Waals surface area contributed by atoms with E-state index in [1.165, 1.54) is 0 Å². The zero-order valence-corrected chi connectivity index (χ0v) is 15.6. The zero-order valence-electron chi connectivity index (χ0n) is 15.6. The van der Waals surface area contributed by atoms with Crippen LogP contribution in [0.4, 0.5) is 5.69 Å². The fraction of sp³-hybridized carbons (Fsp3) is 0. The average Bonchev–Trinajstić information content (AvgIpc) is 2.75. The van der Waals surface area contributed by atoms with Crippen molar-refractivity contribution in [1.82, 2.24) is 9.97 Å². The SMILES string of the molecule is NC(=[NH2+])c1c(N)cc(-c2ccccn2)nc1-c1ccc(Oc2ccccc2)cc1. The molecule has 0 spiro atoms. The standard InChI is InChI=1S/C23H19N5O/c24-18-14-20(19-8-4-5-13-27-19)28-22(21(18)23(25)26)15-9-11-17(12-10-15)29-16-6-2-1-3-7-16/h1-14H,(H2,24,28)(H3,25,26)/p+1. The van der Waals surface area contributed by atoms with Gasteiger partial charge in [0.05, 0.1) is 22.8 Å². The normalized spacial score (nSPS) is 10.5. The van der Waals surface area contributed by atoms with Gasteiger partial charge in [-0.2, -0.15) is 0 Å². The zero-order chi connectivity index (χ0) is 20.2. The molecule has 0 aliphatic carbocycles. The van der Waals surface area contributed by atoms with E-state index < -0.39 is 0 Å². The van der Waals surface area contributed by atoms with Crippen LogP contribution in [0.25, 0.3) is 22.6 Å². The topological polar surface area (TPSA) is 113 Å². The molecule has 6 N–H and O–H groups in total. The predicted octanol–water partition coefficient (Wildman–Crippen LogP) is 2.65. The highest BCUT2D eigenvalue weighted by molar-refractivity contribution is 6.04. The van der Waals surface area contributed by atoms with Crippen LogP contribution < -0.4 is 21.6 Å². The van der Waals surface area contributed by atoms with Crippen LogP contribution in [-0.2, 0) is 0 Å². The van der Waals surface area contributed by atoms with Crippen molar-refractivity contribution >= 4 is 11.5 Å². The Morgan fingerprint density at radius 2 is 1.52 bits per heavy atom. The van der Waals surface area contributed by atoms with E-state index in [9.17, 15) is 0 Å². The van der Waals surface area contributed by atoms with E-state index in [0.29, 0.717) is 34.1 Å². The average molecular weight is 382 g/mol. The smallest absolute Gasteiger partial charge is 0.275 e. The van der Waals surface area contributed by atoms with Crippen molar-refractivity contribution in [3.63, 3.8) is 0 Å². The first-order valence-electron chi connectivity index (χ1n) is 9.05. The van der Waals surface area contributed by atoms with E-state index >= 15 is 0 Å². The highest BCUT2D eigenvalue weighted by atomic mass is 16.5. The van der Waals surface area contributed by atoms with Crippen LogP contribution in [-0.4, -0.2) is 15.8 Å². The van der Waals surface area contributed by atoms with Crippen molar-refractivity contribution in [3.8, 4) is 34.1 Å². The van der Waals surface area contributed by atoms with Crippen molar-refractivity contribution in [2.24, 2.45) is 5.73 Å². The van der Waals surface area contributed by atoms with Crippen LogP contribution >= 0.6 is 0 Å². The summed E-state index contributed by atoms with van der Waals surface area (Å²) in [6.07, 6.45) is 1.71. The van der Waals surface area contributed by atoms with Gasteiger partial charge in [0, 0.05) is 11.8 Å². The number of benzene rings is 2. The summed E-state index contributed by atoms with van der Waals surface area (Å²) >= 11 is 0. The molecule has 6 heteroatoms. The van der Waals surface area contributed by atoms with Gasteiger partial charge in [-0.25, -0.2) is 4.98 Å². The quantitative estimate of drug-likeness (QED) is 0.363. The number of para-hydroxylation sites is 1. The number of aromatic nitrogens is 2. The summed E-state index contributed by atoms with van der Waals surface area (Å²) < 4.78 is 5.85. The maximum Gasteiger partial charge on any atom is 0.275 e. The number of ether oxygens (including phenoxy) is 1. The molecule has 0 saturated carbocycles. The number of nitrogens with zero attached hydrogens (tertiary/aromatic N) is 2. The lowest BCUT2D eigenvalue weighted by atomic mass is 10.0. The lowest BCUT2D eigenvalue weighted by molar-refractivity contribution is -0.114. The minimum Gasteiger partial charge on any atom is -0.457 e. The lowest BCUT2D eigenvalue weighted by Crippen LogP contribution is -2.47. The Bertz CT molecular complexity index is 1140. The van der Waals surface area contributed by atoms with Gasteiger partial charge in [0.25, 0.3) is 5.84 Å². The molecule has 0 radical (unpaired) electrons. The van der Waals surface area contributed by atoms with Gasteiger partial charge in [0.1, 0.15) is 17.1 Å². The number of nitrogens with two attached hydrogens (primary N) is 3. The molecular formula is C23H20N5O+. The van der Waals surface area contributed by atoms with Crippen molar-refractivity contribution in [2.45, 2.75) is 0 Å². The molecule has 2 aromatic carbocycles. The fourth-order valence-electron chi connectivity index (χ4n) is 3.03. The second-order valence-electron chi connectivity index (χ2n) is 6.43. The Kier molecular flexibility index (Phi) is 4.90. The number of amidine groups is 1. The van der Waals surface area contributed by atoms with Crippen LogP contribution in [0.5, 0.6) is 11.5 Å². The van der Waals surface area contributed by atoms with Crippen molar-refractivity contribution in [3.05, 3.63) is 90.6 Å². The third-order valence-electron chi connectivity index (χ3n) is 4.37. The first-order chi connectivity index (χ1) is 14.1. The molecule has 0 aliphatic heterocycles. The van der Waals surface area contributed by atoms with Crippen LogP contribution in [0.1, 0.15) is 5.56 Å². The Morgan fingerprint density at radius 3 is 2.17 bits per heavy atom. The molecule has 0 unspecified atom stereocenters. The summed E-state index contributed by atoms with van der Waals surface area (Å²) in [5.74, 6) is 1.59. The molecule has 0 aliphatic rings. The minimum absolute atomic E-state index is 0.113. The minimum atomic E-state index is 0.113. The van der Waals surface area contributed by atoms with E-state index in [4.69, 9.17) is 26.6 Å². The van der Waals surface area contributed by atoms with Gasteiger partial charge in [-0.3, -0.25) is 16.1 Å². The summed E-state index contributed by atoms with van der Waals surface area (Å²) in [7, 11) is 0. The Hall–Kier alpha value is -4.19. The molecule has 0 saturated heterocycles. The Balaban J connectivity index is 1.75. The Morgan fingerprint density at radius 1 is 0.828 bits per heavy atom. The molecule has 0 atom stereocenters. The molecule has 6 nitrogen and oxygen atoms in total. The summed E-state index contributed by atoms with van der Waals surface area (Å²) in [6, 6.07) is 24.5. The first-order valence-corrected chi connectivity index (χ1v) is 9.05. The highest BCUT2D eigenvalue weighted by Gasteiger charge is 2.19. The number of rotatable bonds is 5. The molecule has 4 aromatic rings. The van der Waals surface area contributed by atoms with Gasteiger partial charge >= 0.3 is 0 Å². The van der Waals surface area contributed by atoms with Crippen LogP contribution in [0, 0.1) is 0 Å². The maximum atomic E-state index is 6.26. The predicted molar refractivity (Wildman–Crippen MR) is 114 cm³/mol. The van der Waals surface area contributed by atoms with Gasteiger partial charge in [0.2, 0.25) is 0 Å². The maximum absolute atomic E-state index is 6.26. The van der Waals surface area contributed by atoms with Crippen LogP contribution in [0.2, 0.25) is 0 Å². The van der Waals surface area contributed by atoms with Crippen LogP contribution in [0.15, 0.2) is 85.1 Å². The first kappa shape index (κ1) is 18.2. The monoisotopic (exact) mass is 382 g/mol. The molecular weight excluding hydrogens is 362 g/mol. The van der Waals surface area contributed by atoms with Gasteiger partial charge in [-0.1, -0.05) is 24.3 Å². The molecule has 2 aromatic heterocycles. The molecule has 4 rings (SSSR count). The summed E-state index contributed by atoms with van der Waals surface area (Å²) in [5, 5.41) is 5.91. The van der Waals surface area contributed by atoms with Crippen LogP contribution in [0.3, 0.4) is 0 Å². The molecule has 0 bridgehead atoms. The number of anilines is 1. The summed E-state index contributed by atoms with van der Waals surface area (Å²) in [4.78, 5) is 9.10. The van der Waals surface area contributed by atoms with E-state index in [1.54, 1.807) is 12.3 Å². The Labute approximate surface area is 168 Å². The van der Waals surface area contributed by atoms with Crippen molar-refractivity contribution in [2.75, 3.05) is 5.73 Å². The molecule has 0 amide bonds. The summed E-state index contributed by atoms with van der Waals surface area (Å²) in [5.41, 5.74) is 15.9. The van der Waals surface area contributed by atoms with Gasteiger partial charge in [0.15, 0.2) is 0 Å². The number of hydrogen-bond donors (Lipinski definition) is 3. The molecule has 142 valence electrons. The van der Waals surface area contributed by atoms with Gasteiger partial charge in [-0.05, 0) is 54.6 Å². The second kappa shape index (κ2) is 7.82. The van der Waals surface area contributed by atoms with Crippen molar-refractivity contribution in [1.29, 1.82) is 0 Å². The third-order valence-corrected chi connectivity index (χ3v) is 4.37. The molecule has 0 fully saturated rings. The largest absolute Gasteiger partial charge is 0.457 e. The van der Waals surface area contributed by atoms with Gasteiger partial charge in [-0.15, -0.1) is 0 Å². The highest BCUT2D eigenvalue weighted by Crippen LogP contribution is 2.31. The van der Waals surface area contributed by atoms with E-state index in [-0.39, 0.29) is 5.84 Å². The number of hydrogen-bond acceptors (Lipinski definition) is 4. The van der Waals surface area contributed by atoms with Gasteiger partial charge < -0.3 is 10.5 Å². The lowest BCUT2D eigenvalue weighted by Gasteiger charge is -2.12. The fourth-order valence-corrected chi connectivity index (χ4v) is 3.03. The molecule has 2 heterocycles. The number of nitrogen functional groups attached to an aromatic ring is 1. The summed E-state index contributed by atoms with van der Waals surface area (Å²) in [6.45, 7) is 0.